The minimum Gasteiger partial charge on any atom is -0.496 e. The number of nitrogens with zero attached hydrogens (tertiary/aromatic N) is 1. The summed E-state index contributed by atoms with van der Waals surface area (Å²) in [6, 6.07) is 7.57. The molecule has 0 unspecified atom stereocenters. The van der Waals surface area contributed by atoms with E-state index in [-0.39, 0.29) is 11.4 Å². The van der Waals surface area contributed by atoms with Crippen LogP contribution in [0.3, 0.4) is 0 Å². The van der Waals surface area contributed by atoms with E-state index in [2.05, 4.69) is 10.1 Å². The number of carbonyl (C=O) groups is 2. The van der Waals surface area contributed by atoms with Gasteiger partial charge in [0.15, 0.2) is 6.61 Å². The van der Waals surface area contributed by atoms with Crippen molar-refractivity contribution in [3.05, 3.63) is 63.7 Å². The molecule has 0 aliphatic carbocycles. The summed E-state index contributed by atoms with van der Waals surface area (Å²) in [4.78, 5) is 34.1. The highest BCUT2D eigenvalue weighted by Gasteiger charge is 2.35. The molecule has 0 spiro atoms. The number of hydrogen-bond donors (Lipinski definition) is 1. The van der Waals surface area contributed by atoms with Crippen molar-refractivity contribution < 1.29 is 37.2 Å². The first-order valence-corrected chi connectivity index (χ1v) is 7.59. The first kappa shape index (κ1) is 20.7. The predicted octanol–water partition coefficient (Wildman–Crippen LogP) is 3.42. The van der Waals surface area contributed by atoms with Gasteiger partial charge in [-0.2, -0.15) is 13.2 Å². The third kappa shape index (κ3) is 4.96. The van der Waals surface area contributed by atoms with Gasteiger partial charge in [-0.1, -0.05) is 12.1 Å². The van der Waals surface area contributed by atoms with Gasteiger partial charge in [-0.25, -0.2) is 4.79 Å². The average molecular weight is 398 g/mol. The number of esters is 1. The summed E-state index contributed by atoms with van der Waals surface area (Å²) in [6.07, 6.45) is -4.78. The third-order valence-corrected chi connectivity index (χ3v) is 3.46. The van der Waals surface area contributed by atoms with E-state index in [0.29, 0.717) is 6.07 Å². The fourth-order valence-corrected chi connectivity index (χ4v) is 2.20. The van der Waals surface area contributed by atoms with Crippen LogP contribution < -0.4 is 10.1 Å². The largest absolute Gasteiger partial charge is 0.496 e. The molecule has 1 amide bonds. The summed E-state index contributed by atoms with van der Waals surface area (Å²) in [5.74, 6) is -2.14. The van der Waals surface area contributed by atoms with Crippen molar-refractivity contribution in [1.29, 1.82) is 0 Å². The van der Waals surface area contributed by atoms with Crippen molar-refractivity contribution >= 4 is 23.3 Å². The number of benzene rings is 2. The molecule has 11 heteroatoms. The van der Waals surface area contributed by atoms with Crippen molar-refractivity contribution in [1.82, 2.24) is 0 Å². The molecule has 28 heavy (non-hydrogen) atoms. The molecule has 8 nitrogen and oxygen atoms in total. The Balaban J connectivity index is 2.08. The Labute approximate surface area is 156 Å². The molecular weight excluding hydrogens is 385 g/mol. The standard InChI is InChI=1S/C17H13F3N2O6/c1-27-10-6-7-13(14(8-10)22(25)26)21-15(23)9-28-16(24)11-4-2-3-5-12(11)17(18,19)20/h2-8H,9H2,1H3,(H,21,23). The Morgan fingerprint density at radius 1 is 1.18 bits per heavy atom. The zero-order valence-electron chi connectivity index (χ0n) is 14.3. The molecule has 148 valence electrons. The lowest BCUT2D eigenvalue weighted by atomic mass is 10.1. The number of hydrogen-bond acceptors (Lipinski definition) is 6. The van der Waals surface area contributed by atoms with Crippen LogP contribution in [0.2, 0.25) is 0 Å². The fraction of sp³-hybridized carbons (Fsp3) is 0.176. The number of nitro groups is 1. The van der Waals surface area contributed by atoms with Gasteiger partial charge in [-0.05, 0) is 24.3 Å². The molecule has 2 aromatic carbocycles. The maximum atomic E-state index is 12.9. The Hall–Kier alpha value is -3.63. The van der Waals surface area contributed by atoms with Gasteiger partial charge in [-0.3, -0.25) is 14.9 Å². The molecule has 2 aromatic rings. The van der Waals surface area contributed by atoms with Gasteiger partial charge in [0.05, 0.1) is 29.2 Å². The van der Waals surface area contributed by atoms with E-state index in [4.69, 9.17) is 4.74 Å². The molecule has 0 bridgehead atoms. The van der Waals surface area contributed by atoms with Crippen molar-refractivity contribution in [2.45, 2.75) is 6.18 Å². The topological polar surface area (TPSA) is 108 Å². The van der Waals surface area contributed by atoms with Gasteiger partial charge in [-0.15, -0.1) is 0 Å². The molecule has 0 saturated carbocycles. The first-order chi connectivity index (χ1) is 13.1. The molecular formula is C17H13F3N2O6. The van der Waals surface area contributed by atoms with E-state index >= 15 is 0 Å². The quantitative estimate of drug-likeness (QED) is 0.454. The zero-order valence-corrected chi connectivity index (χ0v) is 14.3. The molecule has 0 saturated heterocycles. The Morgan fingerprint density at radius 3 is 2.46 bits per heavy atom. The molecule has 0 aliphatic rings. The maximum Gasteiger partial charge on any atom is 0.417 e. The van der Waals surface area contributed by atoms with E-state index in [1.807, 2.05) is 0 Å². The van der Waals surface area contributed by atoms with Gasteiger partial charge in [0.25, 0.3) is 11.6 Å². The smallest absolute Gasteiger partial charge is 0.417 e. The normalized spacial score (nSPS) is 10.9. The van der Waals surface area contributed by atoms with Crippen LogP contribution in [0.15, 0.2) is 42.5 Å². The Kier molecular flexibility index (Phi) is 6.18. The minimum absolute atomic E-state index is 0.180. The van der Waals surface area contributed by atoms with Gasteiger partial charge >= 0.3 is 12.1 Å². The number of nitro benzene ring substituents is 1. The highest BCUT2D eigenvalue weighted by Crippen LogP contribution is 2.32. The molecule has 1 N–H and O–H groups in total. The van der Waals surface area contributed by atoms with E-state index in [1.165, 1.54) is 25.3 Å². The lowest BCUT2D eigenvalue weighted by Crippen LogP contribution is -2.22. The monoisotopic (exact) mass is 398 g/mol. The number of nitrogens with one attached hydrogen (secondary N) is 1. The number of anilines is 1. The molecule has 0 radical (unpaired) electrons. The fourth-order valence-electron chi connectivity index (χ4n) is 2.20. The summed E-state index contributed by atoms with van der Waals surface area (Å²) >= 11 is 0. The van der Waals surface area contributed by atoms with Crippen LogP contribution in [0, 0.1) is 10.1 Å². The number of rotatable bonds is 6. The second-order valence-corrected chi connectivity index (χ2v) is 5.31. The highest BCUT2D eigenvalue weighted by molar-refractivity contribution is 5.97. The molecule has 0 aliphatic heterocycles. The number of ether oxygens (including phenoxy) is 2. The molecule has 0 heterocycles. The number of alkyl halides is 3. The Bertz CT molecular complexity index is 914. The molecule has 0 atom stereocenters. The van der Waals surface area contributed by atoms with Crippen LogP contribution >= 0.6 is 0 Å². The average Bonchev–Trinajstić information content (AvgIpc) is 2.65. The van der Waals surface area contributed by atoms with Crippen LogP contribution in [0.5, 0.6) is 5.75 Å². The van der Waals surface area contributed by atoms with Crippen molar-refractivity contribution in [2.24, 2.45) is 0 Å². The molecule has 2 rings (SSSR count). The summed E-state index contributed by atoms with van der Waals surface area (Å²) in [5.41, 5.74) is -2.62. The van der Waals surface area contributed by atoms with Gasteiger partial charge in [0.1, 0.15) is 11.4 Å². The summed E-state index contributed by atoms with van der Waals surface area (Å²) in [6.45, 7) is -0.936. The second kappa shape index (κ2) is 8.37. The van der Waals surface area contributed by atoms with Gasteiger partial charge < -0.3 is 14.8 Å². The van der Waals surface area contributed by atoms with Crippen molar-refractivity contribution in [2.75, 3.05) is 19.0 Å². The zero-order chi connectivity index (χ0) is 20.9. The number of carbonyl (C=O) groups excluding carboxylic acids is 2. The number of methoxy groups -OCH3 is 1. The number of halogens is 3. The Morgan fingerprint density at radius 2 is 1.86 bits per heavy atom. The summed E-state index contributed by atoms with van der Waals surface area (Å²) in [5, 5.41) is 13.2. The predicted molar refractivity (Wildman–Crippen MR) is 90.0 cm³/mol. The lowest BCUT2D eigenvalue weighted by molar-refractivity contribution is -0.384. The van der Waals surface area contributed by atoms with Crippen LogP contribution in [-0.4, -0.2) is 30.5 Å². The number of amides is 1. The van der Waals surface area contributed by atoms with Crippen molar-refractivity contribution in [3.63, 3.8) is 0 Å². The van der Waals surface area contributed by atoms with E-state index in [9.17, 15) is 32.9 Å². The van der Waals surface area contributed by atoms with Gasteiger partial charge in [0, 0.05) is 0 Å². The van der Waals surface area contributed by atoms with E-state index in [1.54, 1.807) is 0 Å². The SMILES string of the molecule is COc1ccc(NC(=O)COC(=O)c2ccccc2C(F)(F)F)c([N+](=O)[O-])c1. The van der Waals surface area contributed by atoms with Crippen LogP contribution in [0.1, 0.15) is 15.9 Å². The van der Waals surface area contributed by atoms with E-state index < -0.39 is 46.4 Å². The maximum absolute atomic E-state index is 12.9. The first-order valence-electron chi connectivity index (χ1n) is 7.59. The van der Waals surface area contributed by atoms with E-state index in [0.717, 1.165) is 18.2 Å². The summed E-state index contributed by atoms with van der Waals surface area (Å²) in [7, 11) is 1.30. The minimum atomic E-state index is -4.78. The van der Waals surface area contributed by atoms with Gasteiger partial charge in [0.2, 0.25) is 0 Å². The van der Waals surface area contributed by atoms with Crippen LogP contribution in [0.25, 0.3) is 0 Å². The third-order valence-electron chi connectivity index (χ3n) is 3.46. The summed E-state index contributed by atoms with van der Waals surface area (Å²) < 4.78 is 48.2. The van der Waals surface area contributed by atoms with Crippen LogP contribution in [-0.2, 0) is 15.7 Å². The van der Waals surface area contributed by atoms with Crippen molar-refractivity contribution in [3.8, 4) is 5.75 Å². The second-order valence-electron chi connectivity index (χ2n) is 5.31. The molecule has 0 fully saturated rings. The lowest BCUT2D eigenvalue weighted by Gasteiger charge is -2.12. The molecule has 0 aromatic heterocycles. The van der Waals surface area contributed by atoms with Crippen LogP contribution in [0.4, 0.5) is 24.5 Å². The highest BCUT2D eigenvalue weighted by atomic mass is 19.4.